The lowest BCUT2D eigenvalue weighted by molar-refractivity contribution is -0.385. The average molecular weight is 258 g/mol. The van der Waals surface area contributed by atoms with Gasteiger partial charge in [0, 0.05) is 23.9 Å². The molecule has 5 nitrogen and oxygen atoms in total. The quantitative estimate of drug-likeness (QED) is 0.652. The van der Waals surface area contributed by atoms with Crippen LogP contribution in [0.2, 0.25) is 0 Å². The monoisotopic (exact) mass is 258 g/mol. The molecule has 0 bridgehead atoms. The van der Waals surface area contributed by atoms with Crippen molar-refractivity contribution in [2.45, 2.75) is 13.5 Å². The summed E-state index contributed by atoms with van der Waals surface area (Å²) in [6.07, 6.45) is 0. The van der Waals surface area contributed by atoms with Gasteiger partial charge < -0.3 is 10.4 Å². The normalized spacial score (nSPS) is 10.2. The topological polar surface area (TPSA) is 75.4 Å². The predicted molar refractivity (Wildman–Crippen MR) is 73.3 cm³/mol. The highest BCUT2D eigenvalue weighted by molar-refractivity contribution is 5.53. The molecule has 2 aromatic rings. The molecule has 2 N–H and O–H groups in total. The van der Waals surface area contributed by atoms with Crippen molar-refractivity contribution in [3.63, 3.8) is 0 Å². The van der Waals surface area contributed by atoms with Gasteiger partial charge >= 0.3 is 0 Å². The van der Waals surface area contributed by atoms with Crippen LogP contribution in [0.4, 0.5) is 11.4 Å². The number of nitrogens with one attached hydrogen (secondary N) is 1. The summed E-state index contributed by atoms with van der Waals surface area (Å²) in [7, 11) is 0. The smallest absolute Gasteiger partial charge is 0.272 e. The van der Waals surface area contributed by atoms with Crippen LogP contribution in [-0.4, -0.2) is 10.0 Å². The molecule has 0 aliphatic carbocycles. The van der Waals surface area contributed by atoms with Crippen LogP contribution < -0.4 is 5.32 Å². The molecular weight excluding hydrogens is 244 g/mol. The highest BCUT2D eigenvalue weighted by atomic mass is 16.6. The van der Waals surface area contributed by atoms with Gasteiger partial charge in [-0.3, -0.25) is 10.1 Å². The fourth-order valence-corrected chi connectivity index (χ4v) is 1.84. The minimum atomic E-state index is -0.394. The Bertz CT molecular complexity index is 611. The third-order valence-corrected chi connectivity index (χ3v) is 2.80. The van der Waals surface area contributed by atoms with E-state index in [0.29, 0.717) is 12.1 Å². The largest absolute Gasteiger partial charge is 0.508 e. The molecule has 0 fully saturated rings. The van der Waals surface area contributed by atoms with Crippen molar-refractivity contribution in [1.82, 2.24) is 0 Å². The number of phenolic OH excluding ortho intramolecular Hbond substituents is 1. The summed E-state index contributed by atoms with van der Waals surface area (Å²) in [5.74, 6) is 0.221. The molecule has 0 atom stereocenters. The predicted octanol–water partition coefficient (Wildman–Crippen LogP) is 3.22. The highest BCUT2D eigenvalue weighted by Gasteiger charge is 2.09. The van der Waals surface area contributed by atoms with Crippen LogP contribution >= 0.6 is 0 Å². The van der Waals surface area contributed by atoms with E-state index in [-0.39, 0.29) is 11.4 Å². The second-order valence-corrected chi connectivity index (χ2v) is 4.28. The van der Waals surface area contributed by atoms with Crippen molar-refractivity contribution < 1.29 is 10.0 Å². The fourth-order valence-electron chi connectivity index (χ4n) is 1.84. The molecule has 0 saturated carbocycles. The molecule has 0 unspecified atom stereocenters. The first-order valence-electron chi connectivity index (χ1n) is 5.83. The third kappa shape index (κ3) is 3.22. The zero-order valence-electron chi connectivity index (χ0n) is 10.5. The summed E-state index contributed by atoms with van der Waals surface area (Å²) in [6.45, 7) is 2.25. The van der Waals surface area contributed by atoms with Crippen LogP contribution in [0.25, 0.3) is 0 Å². The number of nitro groups is 1. The van der Waals surface area contributed by atoms with E-state index in [1.807, 2.05) is 6.07 Å². The van der Waals surface area contributed by atoms with E-state index in [4.69, 9.17) is 0 Å². The average Bonchev–Trinajstić information content (AvgIpc) is 2.36. The van der Waals surface area contributed by atoms with Crippen LogP contribution in [-0.2, 0) is 6.54 Å². The molecule has 0 radical (unpaired) electrons. The zero-order valence-corrected chi connectivity index (χ0v) is 10.5. The maximum absolute atomic E-state index is 10.7. The lowest BCUT2D eigenvalue weighted by atomic mass is 10.1. The Balaban J connectivity index is 2.08. The van der Waals surface area contributed by atoms with Gasteiger partial charge in [-0.1, -0.05) is 12.1 Å². The van der Waals surface area contributed by atoms with Crippen LogP contribution in [0.3, 0.4) is 0 Å². The number of nitro benzene ring substituents is 1. The molecule has 0 aromatic heterocycles. The summed E-state index contributed by atoms with van der Waals surface area (Å²) < 4.78 is 0. The maximum atomic E-state index is 10.7. The molecule has 0 saturated heterocycles. The van der Waals surface area contributed by atoms with Crippen molar-refractivity contribution in [2.75, 3.05) is 5.32 Å². The van der Waals surface area contributed by atoms with Crippen molar-refractivity contribution in [2.24, 2.45) is 0 Å². The maximum Gasteiger partial charge on any atom is 0.272 e. The van der Waals surface area contributed by atoms with Crippen LogP contribution in [0.15, 0.2) is 42.5 Å². The molecule has 98 valence electrons. The highest BCUT2D eigenvalue weighted by Crippen LogP contribution is 2.22. The molecule has 2 rings (SSSR count). The summed E-state index contributed by atoms with van der Waals surface area (Å²) in [4.78, 5) is 10.3. The first-order valence-corrected chi connectivity index (χ1v) is 5.83. The van der Waals surface area contributed by atoms with Crippen molar-refractivity contribution >= 4 is 11.4 Å². The molecular formula is C14H14N2O3. The minimum absolute atomic E-state index is 0.114. The van der Waals surface area contributed by atoms with Gasteiger partial charge in [-0.25, -0.2) is 0 Å². The van der Waals surface area contributed by atoms with Gasteiger partial charge in [0.1, 0.15) is 5.75 Å². The van der Waals surface area contributed by atoms with Crippen LogP contribution in [0.5, 0.6) is 5.75 Å². The van der Waals surface area contributed by atoms with Gasteiger partial charge in [0.15, 0.2) is 0 Å². The van der Waals surface area contributed by atoms with E-state index in [2.05, 4.69) is 5.32 Å². The number of anilines is 1. The number of aromatic hydroxyl groups is 1. The number of phenols is 1. The van der Waals surface area contributed by atoms with Gasteiger partial charge in [0.2, 0.25) is 0 Å². The summed E-state index contributed by atoms with van der Waals surface area (Å²) >= 11 is 0. The Hall–Kier alpha value is -2.56. The standard InChI is InChI=1S/C14H14N2O3/c1-10-7-12(5-6-14(10)16(18)19)15-9-11-3-2-4-13(17)8-11/h2-8,15,17H,9H2,1H3. The second-order valence-electron chi connectivity index (χ2n) is 4.28. The molecule has 2 aromatic carbocycles. The Kier molecular flexibility index (Phi) is 3.66. The fraction of sp³-hybridized carbons (Fsp3) is 0.143. The summed E-state index contributed by atoms with van der Waals surface area (Å²) in [6, 6.07) is 11.8. The Morgan fingerprint density at radius 3 is 2.68 bits per heavy atom. The van der Waals surface area contributed by atoms with E-state index < -0.39 is 4.92 Å². The van der Waals surface area contributed by atoms with E-state index in [1.54, 1.807) is 37.3 Å². The molecule has 0 aliphatic rings. The van der Waals surface area contributed by atoms with Crippen LogP contribution in [0, 0.1) is 17.0 Å². The number of hydrogen-bond donors (Lipinski definition) is 2. The van der Waals surface area contributed by atoms with Gasteiger partial charge in [-0.05, 0) is 36.8 Å². The summed E-state index contributed by atoms with van der Waals surface area (Å²) in [5.41, 5.74) is 2.48. The lowest BCUT2D eigenvalue weighted by Gasteiger charge is -2.08. The van der Waals surface area contributed by atoms with Gasteiger partial charge in [-0.15, -0.1) is 0 Å². The minimum Gasteiger partial charge on any atom is -0.508 e. The number of hydrogen-bond acceptors (Lipinski definition) is 4. The van der Waals surface area contributed by atoms with E-state index in [9.17, 15) is 15.2 Å². The Labute approximate surface area is 110 Å². The molecule has 0 amide bonds. The number of aryl methyl sites for hydroxylation is 1. The van der Waals surface area contributed by atoms with E-state index >= 15 is 0 Å². The summed E-state index contributed by atoms with van der Waals surface area (Å²) in [5, 5.41) is 23.2. The van der Waals surface area contributed by atoms with E-state index in [1.165, 1.54) is 6.07 Å². The third-order valence-electron chi connectivity index (χ3n) is 2.80. The number of benzene rings is 2. The molecule has 5 heteroatoms. The second kappa shape index (κ2) is 5.39. The van der Waals surface area contributed by atoms with Crippen molar-refractivity contribution in [3.05, 3.63) is 63.7 Å². The van der Waals surface area contributed by atoms with Crippen LogP contribution in [0.1, 0.15) is 11.1 Å². The Morgan fingerprint density at radius 2 is 2.05 bits per heavy atom. The SMILES string of the molecule is Cc1cc(NCc2cccc(O)c2)ccc1[N+](=O)[O-]. The van der Waals surface area contributed by atoms with E-state index in [0.717, 1.165) is 11.3 Å². The van der Waals surface area contributed by atoms with Gasteiger partial charge in [-0.2, -0.15) is 0 Å². The molecule has 0 heterocycles. The molecule has 0 aliphatic heterocycles. The Morgan fingerprint density at radius 1 is 1.26 bits per heavy atom. The number of rotatable bonds is 4. The lowest BCUT2D eigenvalue weighted by Crippen LogP contribution is -2.00. The van der Waals surface area contributed by atoms with Crippen molar-refractivity contribution in [1.29, 1.82) is 0 Å². The first-order chi connectivity index (χ1) is 9.06. The number of nitrogens with zero attached hydrogens (tertiary/aromatic N) is 1. The van der Waals surface area contributed by atoms with Crippen molar-refractivity contribution in [3.8, 4) is 5.75 Å². The first kappa shape index (κ1) is 12.9. The molecule has 19 heavy (non-hydrogen) atoms. The van der Waals surface area contributed by atoms with Gasteiger partial charge in [0.25, 0.3) is 5.69 Å². The molecule has 0 spiro atoms. The zero-order chi connectivity index (χ0) is 13.8. The van der Waals surface area contributed by atoms with Gasteiger partial charge in [0.05, 0.1) is 4.92 Å².